The van der Waals surface area contributed by atoms with Gasteiger partial charge in [0.1, 0.15) is 23.1 Å². The molecular formula is C25H32N8OS2. The van der Waals surface area contributed by atoms with Crippen LogP contribution >= 0.6 is 23.5 Å². The maximum Gasteiger partial charge on any atom is 0.257 e. The second kappa shape index (κ2) is 11.9. The normalized spacial score (nSPS) is 16.1. The third-order valence-electron chi connectivity index (χ3n) is 6.85. The lowest BCUT2D eigenvalue weighted by Crippen LogP contribution is -2.27. The number of rotatable bonds is 5. The first-order valence-electron chi connectivity index (χ1n) is 12.3. The van der Waals surface area contributed by atoms with Crippen LogP contribution in [0.15, 0.2) is 27.5 Å². The number of fused-ring (bicyclic) bond motifs is 1. The maximum absolute atomic E-state index is 12.6. The lowest BCUT2D eigenvalue weighted by molar-refractivity contribution is 0.513. The fraction of sp³-hybridized carbons (Fsp3) is 0.520. The van der Waals surface area contributed by atoms with Crippen LogP contribution in [-0.2, 0) is 0 Å². The van der Waals surface area contributed by atoms with Gasteiger partial charge in [-0.15, -0.1) is 0 Å². The molecule has 0 spiro atoms. The summed E-state index contributed by atoms with van der Waals surface area (Å²) in [6, 6.07) is 2.84. The van der Waals surface area contributed by atoms with Gasteiger partial charge in [0, 0.05) is 23.8 Å². The number of aromatic nitrogens is 5. The maximum atomic E-state index is 12.6. The Morgan fingerprint density at radius 2 is 1.64 bits per heavy atom. The van der Waals surface area contributed by atoms with Crippen LogP contribution in [0.3, 0.4) is 0 Å². The third-order valence-corrected chi connectivity index (χ3v) is 7.97. The van der Waals surface area contributed by atoms with E-state index in [9.17, 15) is 4.79 Å². The van der Waals surface area contributed by atoms with E-state index in [-0.39, 0.29) is 11.6 Å². The smallest absolute Gasteiger partial charge is 0.257 e. The lowest BCUT2D eigenvalue weighted by Gasteiger charge is -2.18. The summed E-state index contributed by atoms with van der Waals surface area (Å²) in [5.41, 5.74) is 8.40. The molecule has 190 valence electrons. The van der Waals surface area contributed by atoms with Crippen molar-refractivity contribution in [3.05, 3.63) is 33.9 Å². The minimum Gasteiger partial charge on any atom is -0.398 e. The van der Waals surface area contributed by atoms with Crippen molar-refractivity contribution in [2.45, 2.75) is 80.7 Å². The van der Waals surface area contributed by atoms with E-state index in [1.54, 1.807) is 19.3 Å². The summed E-state index contributed by atoms with van der Waals surface area (Å²) in [6.07, 6.45) is 16.5. The van der Waals surface area contributed by atoms with Crippen LogP contribution in [0.2, 0.25) is 0 Å². The Bertz CT molecular complexity index is 1320. The number of nitriles is 1. The van der Waals surface area contributed by atoms with Crippen molar-refractivity contribution in [3.8, 4) is 6.07 Å². The molecule has 2 aliphatic rings. The Kier molecular flexibility index (Phi) is 8.69. The summed E-state index contributed by atoms with van der Waals surface area (Å²) in [4.78, 5) is 29.9. The molecule has 0 atom stereocenters. The summed E-state index contributed by atoms with van der Waals surface area (Å²) in [6.45, 7) is 1.78. The molecule has 0 unspecified atom stereocenters. The molecular weight excluding hydrogens is 492 g/mol. The van der Waals surface area contributed by atoms with E-state index in [4.69, 9.17) is 11.0 Å². The second-order valence-electron chi connectivity index (χ2n) is 9.10. The van der Waals surface area contributed by atoms with Gasteiger partial charge in [-0.1, -0.05) is 49.2 Å². The fourth-order valence-electron chi connectivity index (χ4n) is 4.84. The van der Waals surface area contributed by atoms with Crippen molar-refractivity contribution in [2.24, 2.45) is 0 Å². The van der Waals surface area contributed by atoms with Gasteiger partial charge in [0.15, 0.2) is 10.3 Å². The zero-order valence-electron chi connectivity index (χ0n) is 21.0. The average Bonchev–Trinajstić information content (AvgIpc) is 3.62. The van der Waals surface area contributed by atoms with Crippen molar-refractivity contribution >= 4 is 46.1 Å². The molecule has 0 saturated heterocycles. The predicted octanol–water partition coefficient (Wildman–Crippen LogP) is 4.94. The molecule has 3 N–H and O–H groups in total. The van der Waals surface area contributed by atoms with E-state index in [0.717, 1.165) is 18.2 Å². The number of nitrogens with two attached hydrogens (primary N) is 1. The van der Waals surface area contributed by atoms with Crippen LogP contribution in [0.1, 0.15) is 68.5 Å². The topological polar surface area (TPSA) is 135 Å². The molecule has 11 heteroatoms. The molecule has 0 amide bonds. The minimum absolute atomic E-state index is 0.00680. The number of nitrogens with one attached hydrogen (secondary N) is 1. The number of pyridine rings is 1. The molecule has 2 aliphatic carbocycles. The molecule has 9 nitrogen and oxygen atoms in total. The Morgan fingerprint density at radius 1 is 1.03 bits per heavy atom. The van der Waals surface area contributed by atoms with Gasteiger partial charge >= 0.3 is 0 Å². The van der Waals surface area contributed by atoms with Crippen molar-refractivity contribution in [2.75, 3.05) is 23.6 Å². The van der Waals surface area contributed by atoms with Gasteiger partial charge in [0.05, 0.1) is 17.3 Å². The molecule has 5 rings (SSSR count). The Morgan fingerprint density at radius 3 is 2.28 bits per heavy atom. The van der Waals surface area contributed by atoms with Gasteiger partial charge in [-0.2, -0.15) is 5.26 Å². The number of nitrogen functional groups attached to an aromatic ring is 1. The summed E-state index contributed by atoms with van der Waals surface area (Å²) < 4.78 is 1.84. The van der Waals surface area contributed by atoms with E-state index in [1.165, 1.54) is 62.0 Å². The highest BCUT2D eigenvalue weighted by atomic mass is 32.2. The van der Waals surface area contributed by atoms with Crippen molar-refractivity contribution in [1.29, 1.82) is 5.26 Å². The highest BCUT2D eigenvalue weighted by Gasteiger charge is 2.23. The van der Waals surface area contributed by atoms with Gasteiger partial charge in [0.25, 0.3) is 5.56 Å². The summed E-state index contributed by atoms with van der Waals surface area (Å²) >= 11 is 2.96. The monoisotopic (exact) mass is 524 g/mol. The SMILES string of the molecule is CSc1ncc(C#N)c(NC2CCCC2)n1.CSc1ncc2c(N)c(C)c(=O)n(C3CCCC3)c2n1. The van der Waals surface area contributed by atoms with Crippen LogP contribution in [0, 0.1) is 18.3 Å². The van der Waals surface area contributed by atoms with Gasteiger partial charge in [-0.25, -0.2) is 19.9 Å². The Labute approximate surface area is 219 Å². The zero-order chi connectivity index (χ0) is 25.7. The first-order chi connectivity index (χ1) is 17.5. The first-order valence-corrected chi connectivity index (χ1v) is 14.7. The van der Waals surface area contributed by atoms with Crippen molar-refractivity contribution in [3.63, 3.8) is 0 Å². The molecule has 2 saturated carbocycles. The molecule has 0 aliphatic heterocycles. The van der Waals surface area contributed by atoms with Crippen LogP contribution in [0.5, 0.6) is 0 Å². The van der Waals surface area contributed by atoms with Crippen LogP contribution < -0.4 is 16.6 Å². The molecule has 3 aromatic rings. The molecule has 3 aromatic heterocycles. The predicted molar refractivity (Wildman–Crippen MR) is 147 cm³/mol. The minimum atomic E-state index is -0.00680. The number of nitrogens with zero attached hydrogens (tertiary/aromatic N) is 6. The van der Waals surface area contributed by atoms with E-state index < -0.39 is 0 Å². The van der Waals surface area contributed by atoms with Crippen molar-refractivity contribution < 1.29 is 0 Å². The van der Waals surface area contributed by atoms with Crippen molar-refractivity contribution in [1.82, 2.24) is 24.5 Å². The van der Waals surface area contributed by atoms with Gasteiger partial charge in [-0.05, 0) is 45.1 Å². The number of hydrogen-bond donors (Lipinski definition) is 2. The number of hydrogen-bond acceptors (Lipinski definition) is 10. The van der Waals surface area contributed by atoms with Gasteiger partial charge in [0.2, 0.25) is 0 Å². The third kappa shape index (κ3) is 5.60. The summed E-state index contributed by atoms with van der Waals surface area (Å²) in [5.74, 6) is 0.689. The van der Waals surface area contributed by atoms with Crippen LogP contribution in [0.4, 0.5) is 11.5 Å². The summed E-state index contributed by atoms with van der Waals surface area (Å²) in [5, 5.41) is 14.5. The molecule has 36 heavy (non-hydrogen) atoms. The molecule has 0 bridgehead atoms. The molecule has 0 aromatic carbocycles. The van der Waals surface area contributed by atoms with Crippen LogP contribution in [-0.4, -0.2) is 43.1 Å². The lowest BCUT2D eigenvalue weighted by atomic mass is 10.1. The molecule has 0 radical (unpaired) electrons. The molecule has 2 fully saturated rings. The second-order valence-corrected chi connectivity index (χ2v) is 10.6. The fourth-order valence-corrected chi connectivity index (χ4v) is 5.52. The van der Waals surface area contributed by atoms with E-state index in [0.29, 0.717) is 44.6 Å². The van der Waals surface area contributed by atoms with Gasteiger partial charge in [-0.3, -0.25) is 9.36 Å². The Hall–Kier alpha value is -2.84. The molecule has 3 heterocycles. The van der Waals surface area contributed by atoms with E-state index in [1.807, 2.05) is 17.1 Å². The number of thioether (sulfide) groups is 2. The van der Waals surface area contributed by atoms with Gasteiger partial charge < -0.3 is 11.1 Å². The Balaban J connectivity index is 0.000000174. The standard InChI is InChI=1S/C14H18N4OS.C11H14N4S/c1-8-11(15)10-7-16-14(20-2)17-12(10)18(13(8)19)9-5-3-4-6-9;1-16-11-13-7-8(6-12)10(15-11)14-9-4-2-3-5-9/h7,9H,3-6,15H2,1-2H3;7,9H,2-5H2,1H3,(H,13,14,15). The highest BCUT2D eigenvalue weighted by molar-refractivity contribution is 7.98. The quantitative estimate of drug-likeness (QED) is 0.349. The van der Waals surface area contributed by atoms with E-state index >= 15 is 0 Å². The number of anilines is 2. The first kappa shape index (κ1) is 26.2. The van der Waals surface area contributed by atoms with E-state index in [2.05, 4.69) is 31.3 Å². The average molecular weight is 525 g/mol. The largest absolute Gasteiger partial charge is 0.398 e. The van der Waals surface area contributed by atoms with Crippen LogP contribution in [0.25, 0.3) is 11.0 Å². The summed E-state index contributed by atoms with van der Waals surface area (Å²) in [7, 11) is 0. The highest BCUT2D eigenvalue weighted by Crippen LogP contribution is 2.32. The zero-order valence-corrected chi connectivity index (χ0v) is 22.6.